The molecule has 1 heterocycles. The maximum atomic E-state index is 11.8. The summed E-state index contributed by atoms with van der Waals surface area (Å²) in [6, 6.07) is 5.46. The lowest BCUT2D eigenvalue weighted by atomic mass is 10.2. The SMILES string of the molecule is Cc1cc(OCC(=O)N2CC[C@H](N)C2)ccc1Cl. The first-order valence-electron chi connectivity index (χ1n) is 5.98. The predicted octanol–water partition coefficient (Wildman–Crippen LogP) is 1.59. The summed E-state index contributed by atoms with van der Waals surface area (Å²) in [7, 11) is 0. The van der Waals surface area contributed by atoms with Crippen molar-refractivity contribution < 1.29 is 9.53 Å². The summed E-state index contributed by atoms with van der Waals surface area (Å²) in [4.78, 5) is 13.6. The second-order valence-corrected chi connectivity index (χ2v) is 5.00. The van der Waals surface area contributed by atoms with Crippen molar-refractivity contribution in [1.82, 2.24) is 4.90 Å². The Kier molecular flexibility index (Phi) is 4.09. The van der Waals surface area contributed by atoms with Gasteiger partial charge in [-0.2, -0.15) is 0 Å². The van der Waals surface area contributed by atoms with Gasteiger partial charge >= 0.3 is 0 Å². The number of carbonyl (C=O) groups excluding carboxylic acids is 1. The van der Waals surface area contributed by atoms with Crippen molar-refractivity contribution in [2.45, 2.75) is 19.4 Å². The van der Waals surface area contributed by atoms with Crippen LogP contribution in [0.3, 0.4) is 0 Å². The van der Waals surface area contributed by atoms with Gasteiger partial charge in [-0.05, 0) is 37.1 Å². The fraction of sp³-hybridized carbons (Fsp3) is 0.462. The smallest absolute Gasteiger partial charge is 0.260 e. The van der Waals surface area contributed by atoms with Crippen LogP contribution < -0.4 is 10.5 Å². The fourth-order valence-electron chi connectivity index (χ4n) is 1.96. The van der Waals surface area contributed by atoms with Crippen LogP contribution in [-0.4, -0.2) is 36.5 Å². The molecule has 1 fully saturated rings. The molecule has 0 saturated carbocycles. The maximum absolute atomic E-state index is 11.8. The van der Waals surface area contributed by atoms with Crippen LogP contribution in [0.5, 0.6) is 5.75 Å². The van der Waals surface area contributed by atoms with E-state index in [1.54, 1.807) is 17.0 Å². The molecule has 1 amide bonds. The van der Waals surface area contributed by atoms with Crippen LogP contribution in [0.25, 0.3) is 0 Å². The third-order valence-electron chi connectivity index (χ3n) is 3.07. The number of nitrogens with zero attached hydrogens (tertiary/aromatic N) is 1. The quantitative estimate of drug-likeness (QED) is 0.906. The zero-order valence-corrected chi connectivity index (χ0v) is 11.1. The van der Waals surface area contributed by atoms with Gasteiger partial charge in [0.2, 0.25) is 0 Å². The number of halogens is 1. The van der Waals surface area contributed by atoms with Crippen molar-refractivity contribution >= 4 is 17.5 Å². The molecule has 0 radical (unpaired) electrons. The summed E-state index contributed by atoms with van der Waals surface area (Å²) in [5.41, 5.74) is 6.69. The van der Waals surface area contributed by atoms with Crippen LogP contribution in [0.15, 0.2) is 18.2 Å². The Balaban J connectivity index is 1.87. The van der Waals surface area contributed by atoms with Crippen molar-refractivity contribution in [3.63, 3.8) is 0 Å². The molecular weight excluding hydrogens is 252 g/mol. The van der Waals surface area contributed by atoms with Crippen molar-refractivity contribution in [3.05, 3.63) is 28.8 Å². The first kappa shape index (κ1) is 13.2. The van der Waals surface area contributed by atoms with E-state index in [1.165, 1.54) is 0 Å². The van der Waals surface area contributed by atoms with Gasteiger partial charge in [0.25, 0.3) is 5.91 Å². The molecule has 5 heteroatoms. The Morgan fingerprint density at radius 3 is 3.00 bits per heavy atom. The van der Waals surface area contributed by atoms with E-state index >= 15 is 0 Å². The minimum Gasteiger partial charge on any atom is -0.484 e. The second kappa shape index (κ2) is 5.59. The Morgan fingerprint density at radius 1 is 1.61 bits per heavy atom. The van der Waals surface area contributed by atoms with E-state index in [0.717, 1.165) is 18.5 Å². The number of likely N-dealkylation sites (tertiary alicyclic amines) is 1. The van der Waals surface area contributed by atoms with Gasteiger partial charge in [-0.25, -0.2) is 0 Å². The Hall–Kier alpha value is -1.26. The Morgan fingerprint density at radius 2 is 2.39 bits per heavy atom. The highest BCUT2D eigenvalue weighted by Gasteiger charge is 2.23. The molecule has 2 rings (SSSR count). The van der Waals surface area contributed by atoms with Gasteiger partial charge in [0.15, 0.2) is 6.61 Å². The number of ether oxygens (including phenoxy) is 1. The number of hydrogen-bond acceptors (Lipinski definition) is 3. The lowest BCUT2D eigenvalue weighted by Gasteiger charge is -2.16. The number of aryl methyl sites for hydroxylation is 1. The largest absolute Gasteiger partial charge is 0.484 e. The molecule has 0 aromatic heterocycles. The van der Waals surface area contributed by atoms with Crippen molar-refractivity contribution in [2.75, 3.05) is 19.7 Å². The molecule has 1 aromatic rings. The van der Waals surface area contributed by atoms with E-state index in [9.17, 15) is 4.79 Å². The highest BCUT2D eigenvalue weighted by atomic mass is 35.5. The van der Waals surface area contributed by atoms with Crippen LogP contribution in [0.4, 0.5) is 0 Å². The topological polar surface area (TPSA) is 55.6 Å². The summed E-state index contributed by atoms with van der Waals surface area (Å²) >= 11 is 5.92. The van der Waals surface area contributed by atoms with E-state index in [2.05, 4.69) is 0 Å². The number of amides is 1. The van der Waals surface area contributed by atoms with Gasteiger partial charge in [-0.1, -0.05) is 11.6 Å². The molecule has 0 aliphatic carbocycles. The van der Waals surface area contributed by atoms with Gasteiger partial charge in [0, 0.05) is 24.2 Å². The number of rotatable bonds is 3. The summed E-state index contributed by atoms with van der Waals surface area (Å²) in [6.45, 7) is 3.30. The van der Waals surface area contributed by atoms with Gasteiger partial charge < -0.3 is 15.4 Å². The van der Waals surface area contributed by atoms with Crippen molar-refractivity contribution in [3.8, 4) is 5.75 Å². The van der Waals surface area contributed by atoms with Gasteiger partial charge in [0.05, 0.1) is 0 Å². The Bertz CT molecular complexity index is 451. The van der Waals surface area contributed by atoms with E-state index in [-0.39, 0.29) is 18.6 Å². The molecule has 2 N–H and O–H groups in total. The standard InChI is InChI=1S/C13H17ClN2O2/c1-9-6-11(2-3-12(9)14)18-8-13(17)16-5-4-10(15)7-16/h2-3,6,10H,4-5,7-8,15H2,1H3/t10-/m0/s1. The van der Waals surface area contributed by atoms with Crippen LogP contribution in [-0.2, 0) is 4.79 Å². The monoisotopic (exact) mass is 268 g/mol. The number of benzene rings is 1. The van der Waals surface area contributed by atoms with E-state index in [1.807, 2.05) is 13.0 Å². The number of hydrogen-bond donors (Lipinski definition) is 1. The maximum Gasteiger partial charge on any atom is 0.260 e. The number of nitrogens with two attached hydrogens (primary N) is 1. The van der Waals surface area contributed by atoms with Crippen LogP contribution in [0.2, 0.25) is 5.02 Å². The molecule has 1 aromatic carbocycles. The highest BCUT2D eigenvalue weighted by molar-refractivity contribution is 6.31. The minimum absolute atomic E-state index is 0.0180. The van der Waals surface area contributed by atoms with E-state index in [0.29, 0.717) is 17.3 Å². The molecule has 0 spiro atoms. The molecule has 0 bridgehead atoms. The minimum atomic E-state index is -0.0180. The Labute approximate surface area is 112 Å². The van der Waals surface area contributed by atoms with Gasteiger partial charge in [-0.3, -0.25) is 4.79 Å². The summed E-state index contributed by atoms with van der Waals surface area (Å²) in [5, 5.41) is 0.694. The number of carbonyl (C=O) groups is 1. The van der Waals surface area contributed by atoms with E-state index < -0.39 is 0 Å². The zero-order valence-electron chi connectivity index (χ0n) is 10.4. The molecule has 4 nitrogen and oxygen atoms in total. The molecule has 1 aliphatic heterocycles. The molecule has 1 aliphatic rings. The van der Waals surface area contributed by atoms with Crippen molar-refractivity contribution in [2.24, 2.45) is 5.73 Å². The molecule has 0 unspecified atom stereocenters. The third kappa shape index (κ3) is 3.15. The molecular formula is C13H17ClN2O2. The van der Waals surface area contributed by atoms with Gasteiger partial charge in [0.1, 0.15) is 5.75 Å². The van der Waals surface area contributed by atoms with Crippen molar-refractivity contribution in [1.29, 1.82) is 0 Å². The third-order valence-corrected chi connectivity index (χ3v) is 3.49. The summed E-state index contributed by atoms with van der Waals surface area (Å²) in [6.07, 6.45) is 0.867. The lowest BCUT2D eigenvalue weighted by Crippen LogP contribution is -2.35. The average Bonchev–Trinajstić information content (AvgIpc) is 2.77. The lowest BCUT2D eigenvalue weighted by molar-refractivity contribution is -0.132. The normalized spacial score (nSPS) is 19.1. The highest BCUT2D eigenvalue weighted by Crippen LogP contribution is 2.21. The van der Waals surface area contributed by atoms with Crippen LogP contribution >= 0.6 is 11.6 Å². The summed E-state index contributed by atoms with van der Waals surface area (Å²) < 4.78 is 5.46. The average molecular weight is 269 g/mol. The molecule has 98 valence electrons. The summed E-state index contributed by atoms with van der Waals surface area (Å²) in [5.74, 6) is 0.643. The zero-order chi connectivity index (χ0) is 13.1. The molecule has 1 atom stereocenters. The molecule has 1 saturated heterocycles. The van der Waals surface area contributed by atoms with Gasteiger partial charge in [-0.15, -0.1) is 0 Å². The first-order valence-corrected chi connectivity index (χ1v) is 6.36. The second-order valence-electron chi connectivity index (χ2n) is 4.59. The fourth-order valence-corrected chi connectivity index (χ4v) is 2.07. The molecule has 18 heavy (non-hydrogen) atoms. The van der Waals surface area contributed by atoms with E-state index in [4.69, 9.17) is 22.1 Å². The predicted molar refractivity (Wildman–Crippen MR) is 70.9 cm³/mol. The van der Waals surface area contributed by atoms with Crippen LogP contribution in [0, 0.1) is 6.92 Å². The first-order chi connectivity index (χ1) is 8.56. The van der Waals surface area contributed by atoms with Crippen LogP contribution in [0.1, 0.15) is 12.0 Å².